The van der Waals surface area contributed by atoms with E-state index in [9.17, 15) is 0 Å². The predicted molar refractivity (Wildman–Crippen MR) is 88.0 cm³/mol. The molecule has 0 radical (unpaired) electrons. The minimum absolute atomic E-state index is 0.588. The van der Waals surface area contributed by atoms with Crippen LogP contribution < -0.4 is 5.32 Å². The molecule has 1 rings (SSSR count). The van der Waals surface area contributed by atoms with Crippen molar-refractivity contribution >= 4 is 0 Å². The number of hydrogen-bond donors (Lipinski definition) is 1. The van der Waals surface area contributed by atoms with Crippen molar-refractivity contribution in [3.63, 3.8) is 0 Å². The Balaban J connectivity index is 2.15. The SMILES string of the molecule is CCCCCCCCCC(Cc1ccccn1)NCC. The fourth-order valence-electron chi connectivity index (χ4n) is 2.68. The van der Waals surface area contributed by atoms with Gasteiger partial charge in [0.1, 0.15) is 0 Å². The van der Waals surface area contributed by atoms with Crippen molar-refractivity contribution in [2.75, 3.05) is 6.54 Å². The van der Waals surface area contributed by atoms with Crippen LogP contribution in [0.15, 0.2) is 24.4 Å². The van der Waals surface area contributed by atoms with Crippen molar-refractivity contribution in [2.24, 2.45) is 0 Å². The van der Waals surface area contributed by atoms with Gasteiger partial charge in [-0.05, 0) is 25.1 Å². The number of aromatic nitrogens is 1. The lowest BCUT2D eigenvalue weighted by Crippen LogP contribution is -2.31. The molecule has 1 atom stereocenters. The number of nitrogens with one attached hydrogen (secondary N) is 1. The zero-order chi connectivity index (χ0) is 14.5. The average molecular weight is 276 g/mol. The summed E-state index contributed by atoms with van der Waals surface area (Å²) in [6.07, 6.45) is 13.9. The second kappa shape index (κ2) is 11.9. The van der Waals surface area contributed by atoms with Crippen molar-refractivity contribution in [3.05, 3.63) is 30.1 Å². The molecule has 0 aliphatic rings. The standard InChI is InChI=1S/C18H32N2/c1-3-5-6-7-8-9-10-13-17(19-4-2)16-18-14-11-12-15-20-18/h11-12,14-15,17,19H,3-10,13,16H2,1-2H3. The maximum Gasteiger partial charge on any atom is 0.0419 e. The number of unbranched alkanes of at least 4 members (excludes halogenated alkanes) is 6. The lowest BCUT2D eigenvalue weighted by Gasteiger charge is -2.17. The zero-order valence-corrected chi connectivity index (χ0v) is 13.4. The first kappa shape index (κ1) is 17.2. The van der Waals surface area contributed by atoms with Crippen LogP contribution >= 0.6 is 0 Å². The Morgan fingerprint density at radius 3 is 2.40 bits per heavy atom. The highest BCUT2D eigenvalue weighted by atomic mass is 14.9. The third-order valence-electron chi connectivity index (χ3n) is 3.83. The van der Waals surface area contributed by atoms with Gasteiger partial charge in [-0.25, -0.2) is 0 Å². The van der Waals surface area contributed by atoms with Crippen molar-refractivity contribution in [1.82, 2.24) is 10.3 Å². The van der Waals surface area contributed by atoms with Crippen LogP contribution in [-0.2, 0) is 6.42 Å². The Hall–Kier alpha value is -0.890. The van der Waals surface area contributed by atoms with Gasteiger partial charge in [-0.3, -0.25) is 4.98 Å². The van der Waals surface area contributed by atoms with Gasteiger partial charge in [-0.1, -0.05) is 64.9 Å². The Morgan fingerprint density at radius 1 is 1.00 bits per heavy atom. The van der Waals surface area contributed by atoms with E-state index >= 15 is 0 Å². The second-order valence-corrected chi connectivity index (χ2v) is 5.69. The van der Waals surface area contributed by atoms with Gasteiger partial charge >= 0.3 is 0 Å². The fourth-order valence-corrected chi connectivity index (χ4v) is 2.68. The second-order valence-electron chi connectivity index (χ2n) is 5.69. The normalized spacial score (nSPS) is 12.5. The van der Waals surface area contributed by atoms with Crippen LogP contribution in [0, 0.1) is 0 Å². The summed E-state index contributed by atoms with van der Waals surface area (Å²) < 4.78 is 0. The van der Waals surface area contributed by atoms with Gasteiger partial charge in [-0.2, -0.15) is 0 Å². The molecular weight excluding hydrogens is 244 g/mol. The summed E-state index contributed by atoms with van der Waals surface area (Å²) in [7, 11) is 0. The van der Waals surface area contributed by atoms with Crippen LogP contribution in [0.1, 0.15) is 70.9 Å². The van der Waals surface area contributed by atoms with E-state index in [1.807, 2.05) is 12.3 Å². The lowest BCUT2D eigenvalue weighted by atomic mass is 10.0. The van der Waals surface area contributed by atoms with E-state index in [2.05, 4.69) is 36.3 Å². The van der Waals surface area contributed by atoms with E-state index in [0.717, 1.165) is 13.0 Å². The number of hydrogen-bond acceptors (Lipinski definition) is 2. The largest absolute Gasteiger partial charge is 0.314 e. The van der Waals surface area contributed by atoms with E-state index in [1.165, 1.54) is 57.1 Å². The smallest absolute Gasteiger partial charge is 0.0419 e. The Labute approximate surface area is 125 Å². The highest BCUT2D eigenvalue weighted by molar-refractivity contribution is 5.05. The number of rotatable bonds is 12. The lowest BCUT2D eigenvalue weighted by molar-refractivity contribution is 0.456. The van der Waals surface area contributed by atoms with Crippen LogP contribution in [0.5, 0.6) is 0 Å². The summed E-state index contributed by atoms with van der Waals surface area (Å²) in [4.78, 5) is 4.44. The predicted octanol–water partition coefficient (Wildman–Crippen LogP) is 4.74. The van der Waals surface area contributed by atoms with Gasteiger partial charge in [0.05, 0.1) is 0 Å². The van der Waals surface area contributed by atoms with E-state index in [4.69, 9.17) is 0 Å². The average Bonchev–Trinajstić information content (AvgIpc) is 2.47. The van der Waals surface area contributed by atoms with Crippen molar-refractivity contribution in [1.29, 1.82) is 0 Å². The van der Waals surface area contributed by atoms with Gasteiger partial charge in [0.25, 0.3) is 0 Å². The third kappa shape index (κ3) is 8.31. The molecule has 114 valence electrons. The quantitative estimate of drug-likeness (QED) is 0.558. The van der Waals surface area contributed by atoms with Crippen molar-refractivity contribution < 1.29 is 0 Å². The molecular formula is C18H32N2. The molecule has 1 aromatic heterocycles. The number of pyridine rings is 1. The Bertz CT molecular complexity index is 310. The first-order chi connectivity index (χ1) is 9.86. The van der Waals surface area contributed by atoms with E-state index in [1.54, 1.807) is 0 Å². The highest BCUT2D eigenvalue weighted by Crippen LogP contribution is 2.11. The zero-order valence-electron chi connectivity index (χ0n) is 13.4. The molecule has 0 spiro atoms. The van der Waals surface area contributed by atoms with Crippen LogP contribution in [0.4, 0.5) is 0 Å². The summed E-state index contributed by atoms with van der Waals surface area (Å²) >= 11 is 0. The Morgan fingerprint density at radius 2 is 1.75 bits per heavy atom. The molecule has 20 heavy (non-hydrogen) atoms. The molecule has 1 unspecified atom stereocenters. The summed E-state index contributed by atoms with van der Waals surface area (Å²) in [6, 6.07) is 6.79. The minimum Gasteiger partial charge on any atom is -0.314 e. The van der Waals surface area contributed by atoms with E-state index < -0.39 is 0 Å². The molecule has 0 fully saturated rings. The van der Waals surface area contributed by atoms with Gasteiger partial charge in [0.2, 0.25) is 0 Å². The van der Waals surface area contributed by atoms with Gasteiger partial charge < -0.3 is 5.32 Å². The summed E-state index contributed by atoms with van der Waals surface area (Å²) in [5.74, 6) is 0. The topological polar surface area (TPSA) is 24.9 Å². The van der Waals surface area contributed by atoms with Gasteiger partial charge in [0, 0.05) is 24.4 Å². The minimum atomic E-state index is 0.588. The maximum atomic E-state index is 4.44. The van der Waals surface area contributed by atoms with Crippen molar-refractivity contribution in [3.8, 4) is 0 Å². The molecule has 0 amide bonds. The van der Waals surface area contributed by atoms with E-state index in [0.29, 0.717) is 6.04 Å². The molecule has 0 aliphatic heterocycles. The molecule has 2 heteroatoms. The highest BCUT2D eigenvalue weighted by Gasteiger charge is 2.08. The molecule has 2 nitrogen and oxygen atoms in total. The molecule has 1 N–H and O–H groups in total. The first-order valence-electron chi connectivity index (χ1n) is 8.50. The summed E-state index contributed by atoms with van der Waals surface area (Å²) in [5, 5.41) is 3.60. The third-order valence-corrected chi connectivity index (χ3v) is 3.83. The number of nitrogens with zero attached hydrogens (tertiary/aromatic N) is 1. The van der Waals surface area contributed by atoms with Gasteiger partial charge in [0.15, 0.2) is 0 Å². The summed E-state index contributed by atoms with van der Waals surface area (Å²) in [5.41, 5.74) is 1.21. The van der Waals surface area contributed by atoms with Crippen LogP contribution in [0.3, 0.4) is 0 Å². The van der Waals surface area contributed by atoms with Crippen LogP contribution in [-0.4, -0.2) is 17.6 Å². The molecule has 1 aromatic rings. The molecule has 0 aromatic carbocycles. The molecule has 1 heterocycles. The molecule has 0 aliphatic carbocycles. The molecule has 0 saturated heterocycles. The van der Waals surface area contributed by atoms with Crippen LogP contribution in [0.2, 0.25) is 0 Å². The summed E-state index contributed by atoms with van der Waals surface area (Å²) in [6.45, 7) is 5.52. The molecule has 0 saturated carbocycles. The Kier molecular flexibility index (Phi) is 10.2. The monoisotopic (exact) mass is 276 g/mol. The van der Waals surface area contributed by atoms with Crippen LogP contribution in [0.25, 0.3) is 0 Å². The first-order valence-corrected chi connectivity index (χ1v) is 8.50. The maximum absolute atomic E-state index is 4.44. The number of likely N-dealkylation sites (N-methyl/N-ethyl adjacent to an activating group) is 1. The van der Waals surface area contributed by atoms with E-state index in [-0.39, 0.29) is 0 Å². The fraction of sp³-hybridized carbons (Fsp3) is 0.722. The van der Waals surface area contributed by atoms with Gasteiger partial charge in [-0.15, -0.1) is 0 Å². The van der Waals surface area contributed by atoms with Crippen molar-refractivity contribution in [2.45, 2.75) is 77.7 Å². The molecule has 0 bridgehead atoms.